The fourth-order valence-electron chi connectivity index (χ4n) is 3.91. The summed E-state index contributed by atoms with van der Waals surface area (Å²) in [5, 5.41) is 3.47. The van der Waals surface area contributed by atoms with Crippen molar-refractivity contribution in [2.45, 2.75) is 25.0 Å². The maximum absolute atomic E-state index is 13.4. The van der Waals surface area contributed by atoms with Crippen LogP contribution in [-0.2, 0) is 6.42 Å². The van der Waals surface area contributed by atoms with Crippen molar-refractivity contribution >= 4 is 15.9 Å². The minimum Gasteiger partial charge on any atom is -0.483 e. The van der Waals surface area contributed by atoms with Gasteiger partial charge >= 0.3 is 0 Å². The van der Waals surface area contributed by atoms with E-state index in [1.807, 2.05) is 0 Å². The number of benzene rings is 2. The zero-order valence-corrected chi connectivity index (χ0v) is 15.6. The minimum absolute atomic E-state index is 0.0314. The Kier molecular flexibility index (Phi) is 5.06. The Morgan fingerprint density at radius 3 is 2.88 bits per heavy atom. The second kappa shape index (κ2) is 7.44. The second-order valence-electron chi connectivity index (χ2n) is 6.72. The highest BCUT2D eigenvalue weighted by molar-refractivity contribution is 9.10. The molecule has 4 rings (SSSR count). The highest BCUT2D eigenvalue weighted by Gasteiger charge is 2.38. The van der Waals surface area contributed by atoms with Crippen molar-refractivity contribution in [3.8, 4) is 5.75 Å². The molecule has 0 saturated carbocycles. The molecule has 2 aromatic carbocycles. The van der Waals surface area contributed by atoms with Crippen LogP contribution in [-0.4, -0.2) is 37.1 Å². The van der Waals surface area contributed by atoms with E-state index >= 15 is 0 Å². The quantitative estimate of drug-likeness (QED) is 0.838. The maximum atomic E-state index is 13.4. The van der Waals surface area contributed by atoms with Crippen LogP contribution in [0.15, 0.2) is 46.9 Å². The molecular formula is C20H22BrFN2O. The molecule has 1 fully saturated rings. The van der Waals surface area contributed by atoms with E-state index < -0.39 is 0 Å². The van der Waals surface area contributed by atoms with Crippen LogP contribution in [0.3, 0.4) is 0 Å². The van der Waals surface area contributed by atoms with Crippen LogP contribution in [0.2, 0.25) is 0 Å². The first-order valence-corrected chi connectivity index (χ1v) is 9.66. The number of nitrogens with zero attached hydrogens (tertiary/aromatic N) is 1. The fraction of sp³-hybridized carbons (Fsp3) is 0.400. The Morgan fingerprint density at radius 1 is 1.12 bits per heavy atom. The van der Waals surface area contributed by atoms with Gasteiger partial charge in [-0.25, -0.2) is 4.39 Å². The first kappa shape index (κ1) is 17.0. The standard InChI is InChI=1S/C20H22BrFN2O/c21-17-13-15(22)6-7-19(17)25-20-16-5-2-1-4-14(16)12-18(20)24-10-3-8-23-9-11-24/h1-2,4-7,13,18,20,23H,3,8-12H2/t18-,20-/m1/s1. The summed E-state index contributed by atoms with van der Waals surface area (Å²) in [4.78, 5) is 2.54. The van der Waals surface area contributed by atoms with Crippen LogP contribution in [0.1, 0.15) is 23.7 Å². The molecule has 2 aliphatic rings. The predicted octanol–water partition coefficient (Wildman–Crippen LogP) is 3.93. The van der Waals surface area contributed by atoms with Gasteiger partial charge in [0.05, 0.1) is 10.5 Å². The molecular weight excluding hydrogens is 383 g/mol. The highest BCUT2D eigenvalue weighted by Crippen LogP contribution is 2.40. The highest BCUT2D eigenvalue weighted by atomic mass is 79.9. The van der Waals surface area contributed by atoms with Gasteiger partial charge in [0.25, 0.3) is 0 Å². The van der Waals surface area contributed by atoms with E-state index in [0.717, 1.165) is 39.0 Å². The van der Waals surface area contributed by atoms with Gasteiger partial charge in [-0.05, 0) is 71.2 Å². The molecule has 0 spiro atoms. The first-order chi connectivity index (χ1) is 12.2. The second-order valence-corrected chi connectivity index (χ2v) is 7.58. The smallest absolute Gasteiger partial charge is 0.140 e. The van der Waals surface area contributed by atoms with Crippen molar-refractivity contribution in [2.75, 3.05) is 26.2 Å². The molecule has 0 radical (unpaired) electrons. The molecule has 3 nitrogen and oxygen atoms in total. The molecule has 0 unspecified atom stereocenters. The zero-order chi connectivity index (χ0) is 17.2. The number of rotatable bonds is 3. The lowest BCUT2D eigenvalue weighted by Crippen LogP contribution is -2.42. The summed E-state index contributed by atoms with van der Waals surface area (Å²) in [6.07, 6.45) is 2.12. The van der Waals surface area contributed by atoms with Gasteiger partial charge in [0.1, 0.15) is 17.7 Å². The van der Waals surface area contributed by atoms with Crippen LogP contribution in [0.25, 0.3) is 0 Å². The van der Waals surface area contributed by atoms with Crippen LogP contribution >= 0.6 is 15.9 Å². The van der Waals surface area contributed by atoms with Gasteiger partial charge in [0, 0.05) is 13.1 Å². The third-order valence-electron chi connectivity index (χ3n) is 5.13. The van der Waals surface area contributed by atoms with Gasteiger partial charge in [0.15, 0.2) is 0 Å². The monoisotopic (exact) mass is 404 g/mol. The SMILES string of the molecule is Fc1ccc(O[C@@H]2c3ccccc3C[C@H]2N2CCCNCC2)c(Br)c1. The van der Waals surface area contributed by atoms with Crippen LogP contribution in [0.4, 0.5) is 4.39 Å². The molecule has 1 aliphatic carbocycles. The van der Waals surface area contributed by atoms with E-state index in [0.29, 0.717) is 16.3 Å². The Balaban J connectivity index is 1.64. The molecule has 2 atom stereocenters. The Hall–Kier alpha value is -1.43. The van der Waals surface area contributed by atoms with Gasteiger partial charge in [-0.3, -0.25) is 4.90 Å². The number of halogens is 2. The van der Waals surface area contributed by atoms with Crippen molar-refractivity contribution in [3.05, 3.63) is 63.9 Å². The third kappa shape index (κ3) is 3.59. The van der Waals surface area contributed by atoms with Gasteiger partial charge in [-0.1, -0.05) is 24.3 Å². The molecule has 1 saturated heterocycles. The molecule has 1 N–H and O–H groups in total. The van der Waals surface area contributed by atoms with Gasteiger partial charge < -0.3 is 10.1 Å². The number of ether oxygens (including phenoxy) is 1. The van der Waals surface area contributed by atoms with E-state index in [9.17, 15) is 4.39 Å². The molecule has 0 bridgehead atoms. The summed E-state index contributed by atoms with van der Waals surface area (Å²) >= 11 is 3.43. The van der Waals surface area contributed by atoms with Crippen molar-refractivity contribution in [1.29, 1.82) is 0 Å². The molecule has 0 amide bonds. The lowest BCUT2D eigenvalue weighted by molar-refractivity contribution is 0.0815. The summed E-state index contributed by atoms with van der Waals surface area (Å²) in [7, 11) is 0. The zero-order valence-electron chi connectivity index (χ0n) is 14.1. The third-order valence-corrected chi connectivity index (χ3v) is 5.75. The van der Waals surface area contributed by atoms with E-state index in [4.69, 9.17) is 4.74 Å². The summed E-state index contributed by atoms with van der Waals surface area (Å²) in [5.74, 6) is 0.433. The average Bonchev–Trinajstić information content (AvgIpc) is 2.79. The summed E-state index contributed by atoms with van der Waals surface area (Å²) in [6.45, 7) is 4.20. The van der Waals surface area contributed by atoms with E-state index in [1.54, 1.807) is 6.07 Å². The Labute approximate surface area is 156 Å². The topological polar surface area (TPSA) is 24.5 Å². The molecule has 1 heterocycles. The first-order valence-electron chi connectivity index (χ1n) is 8.86. The summed E-state index contributed by atoms with van der Waals surface area (Å²) in [5.41, 5.74) is 2.61. The Morgan fingerprint density at radius 2 is 2.00 bits per heavy atom. The predicted molar refractivity (Wildman–Crippen MR) is 100 cm³/mol. The van der Waals surface area contributed by atoms with Crippen LogP contribution in [0.5, 0.6) is 5.75 Å². The molecule has 5 heteroatoms. The molecule has 0 aromatic heterocycles. The molecule has 132 valence electrons. The van der Waals surface area contributed by atoms with E-state index in [-0.39, 0.29) is 11.9 Å². The van der Waals surface area contributed by atoms with Crippen molar-refractivity contribution < 1.29 is 9.13 Å². The summed E-state index contributed by atoms with van der Waals surface area (Å²) < 4.78 is 20.5. The van der Waals surface area contributed by atoms with E-state index in [1.165, 1.54) is 23.3 Å². The number of fused-ring (bicyclic) bond motifs is 1. The van der Waals surface area contributed by atoms with Crippen molar-refractivity contribution in [2.24, 2.45) is 0 Å². The maximum Gasteiger partial charge on any atom is 0.140 e. The lowest BCUT2D eigenvalue weighted by atomic mass is 10.1. The van der Waals surface area contributed by atoms with Gasteiger partial charge in [-0.15, -0.1) is 0 Å². The lowest BCUT2D eigenvalue weighted by Gasteiger charge is -2.32. The molecule has 25 heavy (non-hydrogen) atoms. The van der Waals surface area contributed by atoms with Crippen molar-refractivity contribution in [1.82, 2.24) is 10.2 Å². The minimum atomic E-state index is -0.263. The average molecular weight is 405 g/mol. The molecule has 2 aromatic rings. The van der Waals surface area contributed by atoms with Crippen LogP contribution in [0, 0.1) is 5.82 Å². The Bertz CT molecular complexity index is 746. The van der Waals surface area contributed by atoms with Crippen LogP contribution < -0.4 is 10.1 Å². The largest absolute Gasteiger partial charge is 0.483 e. The van der Waals surface area contributed by atoms with Gasteiger partial charge in [-0.2, -0.15) is 0 Å². The molecule has 1 aliphatic heterocycles. The number of hydrogen-bond acceptors (Lipinski definition) is 3. The van der Waals surface area contributed by atoms with Crippen molar-refractivity contribution in [3.63, 3.8) is 0 Å². The summed E-state index contributed by atoms with van der Waals surface area (Å²) in [6, 6.07) is 13.5. The van der Waals surface area contributed by atoms with E-state index in [2.05, 4.69) is 50.4 Å². The number of hydrogen-bond donors (Lipinski definition) is 1. The number of nitrogens with one attached hydrogen (secondary N) is 1. The normalized spacial score (nSPS) is 23.9. The fourth-order valence-corrected chi connectivity index (χ4v) is 4.35. The van der Waals surface area contributed by atoms with Gasteiger partial charge in [0.2, 0.25) is 0 Å².